The minimum Gasteiger partial charge on any atom is -0.476 e. The van der Waals surface area contributed by atoms with Crippen molar-refractivity contribution in [1.82, 2.24) is 9.82 Å². The Morgan fingerprint density at radius 3 is 2.32 bits per heavy atom. The third-order valence-electron chi connectivity index (χ3n) is 3.34. The first-order valence-corrected chi connectivity index (χ1v) is 9.29. The highest BCUT2D eigenvalue weighted by Crippen LogP contribution is 2.36. The molecule has 0 fully saturated rings. The summed E-state index contributed by atoms with van der Waals surface area (Å²) < 4.78 is 24.7. The Morgan fingerprint density at radius 1 is 1.12 bits per heavy atom. The van der Waals surface area contributed by atoms with Gasteiger partial charge in [-0.15, -0.1) is 4.83 Å². The third-order valence-corrected chi connectivity index (χ3v) is 5.69. The lowest BCUT2D eigenvalue weighted by Gasteiger charge is -2.14. The summed E-state index contributed by atoms with van der Waals surface area (Å²) in [7, 11) is -3.97. The summed E-state index contributed by atoms with van der Waals surface area (Å²) >= 11 is 17.6. The van der Waals surface area contributed by atoms with Gasteiger partial charge in [-0.1, -0.05) is 40.9 Å². The monoisotopic (exact) mass is 423 g/mol. The van der Waals surface area contributed by atoms with E-state index in [4.69, 9.17) is 39.9 Å². The van der Waals surface area contributed by atoms with Crippen molar-refractivity contribution in [3.8, 4) is 0 Å². The largest absolute Gasteiger partial charge is 0.476 e. The molecule has 0 spiro atoms. The second kappa shape index (κ2) is 7.35. The normalized spacial score (nSPS) is 11.4. The number of carboxylic acids is 1. The van der Waals surface area contributed by atoms with Gasteiger partial charge in [-0.25, -0.2) is 18.2 Å². The van der Waals surface area contributed by atoms with Crippen LogP contribution in [-0.2, 0) is 10.0 Å². The molecule has 0 amide bonds. The summed E-state index contributed by atoms with van der Waals surface area (Å²) in [5.74, 6) is -1.44. The summed E-state index contributed by atoms with van der Waals surface area (Å²) in [6.07, 6.45) is 0. The van der Waals surface area contributed by atoms with Crippen LogP contribution >= 0.6 is 34.8 Å². The molecule has 11 heteroatoms. The number of hydrogen-bond donors (Lipinski definition) is 3. The van der Waals surface area contributed by atoms with Crippen molar-refractivity contribution in [3.05, 3.63) is 50.2 Å². The number of aromatic carboxylic acids is 1. The van der Waals surface area contributed by atoms with Gasteiger partial charge in [0.25, 0.3) is 10.0 Å². The second-order valence-corrected chi connectivity index (χ2v) is 7.83. The van der Waals surface area contributed by atoms with Crippen molar-refractivity contribution in [2.75, 3.05) is 5.43 Å². The summed E-state index contributed by atoms with van der Waals surface area (Å²) in [4.78, 5) is 16.8. The first kappa shape index (κ1) is 19.7. The van der Waals surface area contributed by atoms with E-state index in [1.54, 1.807) is 13.0 Å². The van der Waals surface area contributed by atoms with Crippen molar-refractivity contribution < 1.29 is 18.3 Å². The Balaban J connectivity index is 2.37. The molecule has 0 unspecified atom stereocenters. The fraction of sp³-hybridized carbons (Fsp3) is 0.143. The fourth-order valence-corrected chi connectivity index (χ4v) is 3.43. The number of nitrogens with zero attached hydrogens (tertiary/aromatic N) is 1. The van der Waals surface area contributed by atoms with Crippen LogP contribution in [0.25, 0.3) is 0 Å². The number of anilines is 1. The smallest absolute Gasteiger partial charge is 0.356 e. The Morgan fingerprint density at radius 2 is 1.76 bits per heavy atom. The van der Waals surface area contributed by atoms with Crippen molar-refractivity contribution in [2.45, 2.75) is 18.7 Å². The van der Waals surface area contributed by atoms with Crippen LogP contribution in [0.1, 0.15) is 21.6 Å². The van der Waals surface area contributed by atoms with Gasteiger partial charge in [-0.3, -0.25) is 0 Å². The highest BCUT2D eigenvalue weighted by molar-refractivity contribution is 7.89. The Labute approximate surface area is 158 Å². The molecule has 0 saturated heterocycles. The van der Waals surface area contributed by atoms with Crippen LogP contribution in [-0.4, -0.2) is 24.5 Å². The maximum Gasteiger partial charge on any atom is 0.356 e. The van der Waals surface area contributed by atoms with Crippen LogP contribution in [0.4, 0.5) is 5.69 Å². The van der Waals surface area contributed by atoms with Crippen LogP contribution in [0, 0.1) is 13.8 Å². The predicted molar refractivity (Wildman–Crippen MR) is 96.1 cm³/mol. The van der Waals surface area contributed by atoms with Gasteiger partial charge in [-0.2, -0.15) is 0 Å². The van der Waals surface area contributed by atoms with Gasteiger partial charge in [-0.05, 0) is 37.1 Å². The molecule has 2 rings (SSSR count). The molecule has 1 aromatic heterocycles. The number of carbonyl (C=O) groups is 1. The van der Waals surface area contributed by atoms with E-state index in [-0.39, 0.29) is 25.8 Å². The molecule has 0 saturated carbocycles. The number of aryl methyl sites for hydroxylation is 2. The Hall–Kier alpha value is -1.58. The van der Waals surface area contributed by atoms with Gasteiger partial charge >= 0.3 is 5.97 Å². The molecule has 25 heavy (non-hydrogen) atoms. The molecule has 0 atom stereocenters. The van der Waals surface area contributed by atoms with E-state index in [2.05, 4.69) is 15.2 Å². The molecular formula is C14H12Cl3N3O4S. The molecule has 0 aliphatic rings. The molecule has 134 valence electrons. The summed E-state index contributed by atoms with van der Waals surface area (Å²) in [5.41, 5.74) is 3.25. The van der Waals surface area contributed by atoms with E-state index in [1.165, 1.54) is 12.1 Å². The number of nitrogens with one attached hydrogen (secondary N) is 2. The summed E-state index contributed by atoms with van der Waals surface area (Å²) in [6, 6.07) is 4.58. The number of pyridine rings is 1. The van der Waals surface area contributed by atoms with E-state index < -0.39 is 21.7 Å². The van der Waals surface area contributed by atoms with E-state index in [0.717, 1.165) is 11.1 Å². The zero-order chi connectivity index (χ0) is 18.9. The number of rotatable bonds is 5. The average molecular weight is 425 g/mol. The molecule has 7 nitrogen and oxygen atoms in total. The Kier molecular flexibility index (Phi) is 5.80. The van der Waals surface area contributed by atoms with Crippen LogP contribution in [0.2, 0.25) is 15.2 Å². The van der Waals surface area contributed by atoms with Gasteiger partial charge in [0.05, 0.1) is 15.6 Å². The number of carboxylic acid groups (broad SMARTS) is 1. The molecule has 0 aliphatic carbocycles. The molecule has 2 aromatic rings. The van der Waals surface area contributed by atoms with E-state index in [0.29, 0.717) is 0 Å². The summed E-state index contributed by atoms with van der Waals surface area (Å²) in [5, 5.41) is 8.11. The van der Waals surface area contributed by atoms with Crippen molar-refractivity contribution in [2.24, 2.45) is 0 Å². The van der Waals surface area contributed by atoms with Gasteiger partial charge < -0.3 is 10.5 Å². The third kappa shape index (κ3) is 4.16. The highest BCUT2D eigenvalue weighted by Gasteiger charge is 2.22. The maximum atomic E-state index is 12.4. The van der Waals surface area contributed by atoms with Crippen LogP contribution < -0.4 is 10.3 Å². The second-order valence-electron chi connectivity index (χ2n) is 5.04. The number of aromatic nitrogens is 1. The van der Waals surface area contributed by atoms with E-state index in [9.17, 15) is 13.2 Å². The minimum absolute atomic E-state index is 0.00829. The topological polar surface area (TPSA) is 108 Å². The lowest BCUT2D eigenvalue weighted by Crippen LogP contribution is -2.30. The molecule has 0 radical (unpaired) electrons. The fourth-order valence-electron chi connectivity index (χ4n) is 1.82. The van der Waals surface area contributed by atoms with Gasteiger partial charge in [0.1, 0.15) is 5.02 Å². The number of hydrogen-bond acceptors (Lipinski definition) is 5. The molecule has 0 bridgehead atoms. The van der Waals surface area contributed by atoms with Crippen LogP contribution in [0.5, 0.6) is 0 Å². The molecular weight excluding hydrogens is 413 g/mol. The molecule has 3 N–H and O–H groups in total. The number of hydrazine groups is 1. The zero-order valence-electron chi connectivity index (χ0n) is 12.9. The average Bonchev–Trinajstić information content (AvgIpc) is 2.53. The molecule has 1 heterocycles. The maximum absolute atomic E-state index is 12.4. The highest BCUT2D eigenvalue weighted by atomic mass is 35.5. The Bertz CT molecular complexity index is 964. The zero-order valence-corrected chi connectivity index (χ0v) is 16.0. The van der Waals surface area contributed by atoms with Crippen LogP contribution in [0.15, 0.2) is 23.1 Å². The van der Waals surface area contributed by atoms with Crippen molar-refractivity contribution in [3.63, 3.8) is 0 Å². The van der Waals surface area contributed by atoms with Gasteiger partial charge in [0.2, 0.25) is 0 Å². The first-order chi connectivity index (χ1) is 11.5. The predicted octanol–water partition coefficient (Wildman–Crippen LogP) is 3.66. The lowest BCUT2D eigenvalue weighted by atomic mass is 10.1. The summed E-state index contributed by atoms with van der Waals surface area (Å²) in [6.45, 7) is 3.63. The van der Waals surface area contributed by atoms with Crippen LogP contribution in [0.3, 0.4) is 0 Å². The SMILES string of the molecule is Cc1ccc(S(=O)(=O)NNc2c(Cl)c(Cl)nc(C(=O)O)c2Cl)cc1C. The first-order valence-electron chi connectivity index (χ1n) is 6.67. The minimum atomic E-state index is -3.97. The van der Waals surface area contributed by atoms with E-state index in [1.807, 2.05) is 6.92 Å². The van der Waals surface area contributed by atoms with Crippen molar-refractivity contribution >= 4 is 56.5 Å². The van der Waals surface area contributed by atoms with Crippen molar-refractivity contribution in [1.29, 1.82) is 0 Å². The molecule has 0 aliphatic heterocycles. The number of halogens is 3. The van der Waals surface area contributed by atoms with Gasteiger partial charge in [0, 0.05) is 0 Å². The van der Waals surface area contributed by atoms with Gasteiger partial charge in [0.15, 0.2) is 10.8 Å². The van der Waals surface area contributed by atoms with E-state index >= 15 is 0 Å². The quantitative estimate of drug-likeness (QED) is 0.499. The molecule has 1 aromatic carbocycles. The standard InChI is InChI=1S/C14H12Cl3N3O4S/c1-6-3-4-8(5-7(6)2)25(23,24)20-19-11-9(15)12(14(21)22)18-13(17)10(11)16/h3-5,20H,1-2H3,(H,18,19)(H,21,22). The number of benzene rings is 1. The number of sulfonamides is 1. The lowest BCUT2D eigenvalue weighted by molar-refractivity contribution is 0.0691.